The molecule has 0 aromatic heterocycles. The van der Waals surface area contributed by atoms with E-state index in [2.05, 4.69) is 35.1 Å². The fourth-order valence-electron chi connectivity index (χ4n) is 3.38. The number of halogens is 1. The second-order valence-corrected chi connectivity index (χ2v) is 7.41. The second-order valence-electron chi connectivity index (χ2n) is 6.50. The highest BCUT2D eigenvalue weighted by Crippen LogP contribution is 2.44. The van der Waals surface area contributed by atoms with Crippen LogP contribution in [0.2, 0.25) is 0 Å². The normalized spacial score (nSPS) is 17.4. The molecule has 1 aliphatic rings. The average molecular weight is 338 g/mol. The summed E-state index contributed by atoms with van der Waals surface area (Å²) in [5.41, 5.74) is 1.90. The van der Waals surface area contributed by atoms with E-state index in [9.17, 15) is 4.79 Å². The fraction of sp³-hybridized carbons (Fsp3) is 0.588. The number of benzene rings is 1. The topological polar surface area (TPSA) is 29.1 Å². The summed E-state index contributed by atoms with van der Waals surface area (Å²) < 4.78 is 1.05. The molecule has 1 amide bonds. The van der Waals surface area contributed by atoms with Gasteiger partial charge in [0.05, 0.1) is 0 Å². The Hall–Kier alpha value is -0.830. The van der Waals surface area contributed by atoms with Gasteiger partial charge in [-0.2, -0.15) is 0 Å². The van der Waals surface area contributed by atoms with Crippen molar-refractivity contribution in [2.24, 2.45) is 11.3 Å². The largest absolute Gasteiger partial charge is 0.325 e. The van der Waals surface area contributed by atoms with E-state index in [0.717, 1.165) is 35.0 Å². The second kappa shape index (κ2) is 6.30. The molecule has 0 spiro atoms. The van der Waals surface area contributed by atoms with Gasteiger partial charge in [-0.3, -0.25) is 4.79 Å². The Morgan fingerprint density at radius 1 is 1.35 bits per heavy atom. The van der Waals surface area contributed by atoms with Crippen LogP contribution in [0, 0.1) is 18.3 Å². The lowest BCUT2D eigenvalue weighted by Gasteiger charge is -2.29. The number of amides is 1. The quantitative estimate of drug-likeness (QED) is 0.793. The Kier molecular flexibility index (Phi) is 4.90. The van der Waals surface area contributed by atoms with Crippen LogP contribution >= 0.6 is 15.9 Å². The molecule has 110 valence electrons. The summed E-state index contributed by atoms with van der Waals surface area (Å²) in [5, 5.41) is 3.17. The molecule has 0 bridgehead atoms. The van der Waals surface area contributed by atoms with Gasteiger partial charge < -0.3 is 5.32 Å². The molecule has 2 nitrogen and oxygen atoms in total. The lowest BCUT2D eigenvalue weighted by Crippen LogP contribution is -2.35. The van der Waals surface area contributed by atoms with Crippen molar-refractivity contribution < 1.29 is 4.79 Å². The number of anilines is 1. The number of rotatable bonds is 4. The van der Waals surface area contributed by atoms with Crippen LogP contribution < -0.4 is 5.32 Å². The smallest absolute Gasteiger partial charge is 0.230 e. The molecule has 0 radical (unpaired) electrons. The van der Waals surface area contributed by atoms with Crippen LogP contribution in [0.25, 0.3) is 0 Å². The van der Waals surface area contributed by atoms with Crippen molar-refractivity contribution in [1.29, 1.82) is 0 Å². The van der Waals surface area contributed by atoms with Crippen LogP contribution in [-0.4, -0.2) is 5.91 Å². The molecule has 20 heavy (non-hydrogen) atoms. The summed E-state index contributed by atoms with van der Waals surface area (Å²) in [6.45, 7) is 6.45. The van der Waals surface area contributed by atoms with Crippen molar-refractivity contribution in [3.8, 4) is 0 Å². The number of carbonyl (C=O) groups excluding carboxylic acids is 1. The van der Waals surface area contributed by atoms with Gasteiger partial charge in [0.1, 0.15) is 0 Å². The lowest BCUT2D eigenvalue weighted by atomic mass is 9.77. The van der Waals surface area contributed by atoms with Gasteiger partial charge in [-0.25, -0.2) is 0 Å². The summed E-state index contributed by atoms with van der Waals surface area (Å²) >= 11 is 3.46. The van der Waals surface area contributed by atoms with Crippen LogP contribution in [0.15, 0.2) is 22.7 Å². The lowest BCUT2D eigenvalue weighted by molar-refractivity contribution is -0.126. The zero-order chi connectivity index (χ0) is 14.8. The predicted octanol–water partition coefficient (Wildman–Crippen LogP) is 5.30. The monoisotopic (exact) mass is 337 g/mol. The maximum Gasteiger partial charge on any atom is 0.230 e. The first-order valence-electron chi connectivity index (χ1n) is 7.50. The van der Waals surface area contributed by atoms with E-state index >= 15 is 0 Å². The highest BCUT2D eigenvalue weighted by molar-refractivity contribution is 9.10. The summed E-state index contributed by atoms with van der Waals surface area (Å²) in [7, 11) is 0. The Morgan fingerprint density at radius 3 is 2.55 bits per heavy atom. The number of aryl methyl sites for hydroxylation is 1. The number of nitrogens with one attached hydrogen (secondary N) is 1. The van der Waals surface area contributed by atoms with Crippen LogP contribution in [0.3, 0.4) is 0 Å². The van der Waals surface area contributed by atoms with Crippen molar-refractivity contribution >= 4 is 27.5 Å². The molecule has 0 saturated heterocycles. The van der Waals surface area contributed by atoms with Gasteiger partial charge in [0.15, 0.2) is 0 Å². The van der Waals surface area contributed by atoms with Crippen molar-refractivity contribution in [2.45, 2.75) is 52.9 Å². The van der Waals surface area contributed by atoms with E-state index in [0.29, 0.717) is 5.92 Å². The number of carbonyl (C=O) groups is 1. The van der Waals surface area contributed by atoms with Crippen LogP contribution in [-0.2, 0) is 4.79 Å². The molecule has 0 aliphatic heterocycles. The van der Waals surface area contributed by atoms with Crippen LogP contribution in [0.4, 0.5) is 5.69 Å². The molecule has 1 aromatic rings. The highest BCUT2D eigenvalue weighted by Gasteiger charge is 2.41. The van der Waals surface area contributed by atoms with E-state index in [4.69, 9.17) is 0 Å². The Labute approximate surface area is 130 Å². The first kappa shape index (κ1) is 15.6. The van der Waals surface area contributed by atoms with Gasteiger partial charge in [-0.05, 0) is 55.9 Å². The molecule has 2 rings (SSSR count). The first-order valence-corrected chi connectivity index (χ1v) is 8.30. The van der Waals surface area contributed by atoms with Crippen molar-refractivity contribution in [2.75, 3.05) is 5.32 Å². The minimum absolute atomic E-state index is 0.145. The van der Waals surface area contributed by atoms with Crippen molar-refractivity contribution in [3.63, 3.8) is 0 Å². The molecule has 0 heterocycles. The third-order valence-corrected chi connectivity index (χ3v) is 4.77. The molecular weight excluding hydrogens is 314 g/mol. The minimum atomic E-state index is -0.145. The van der Waals surface area contributed by atoms with Crippen LogP contribution in [0.5, 0.6) is 0 Å². The molecule has 1 saturated carbocycles. The minimum Gasteiger partial charge on any atom is -0.325 e. The van der Waals surface area contributed by atoms with E-state index < -0.39 is 0 Å². The van der Waals surface area contributed by atoms with Crippen molar-refractivity contribution in [1.82, 2.24) is 0 Å². The summed E-state index contributed by atoms with van der Waals surface area (Å²) in [6.07, 6.45) is 5.42. The number of hydrogen-bond donors (Lipinski definition) is 1. The SMILES string of the molecule is Cc1cc(Br)ccc1NC(=O)C1(CC(C)C)CCCC1. The van der Waals surface area contributed by atoms with E-state index in [1.165, 1.54) is 12.8 Å². The molecule has 1 aromatic carbocycles. The maximum atomic E-state index is 12.8. The van der Waals surface area contributed by atoms with E-state index in [-0.39, 0.29) is 11.3 Å². The summed E-state index contributed by atoms with van der Waals surface area (Å²) in [4.78, 5) is 12.8. The third-order valence-electron chi connectivity index (χ3n) is 4.28. The maximum absolute atomic E-state index is 12.8. The Balaban J connectivity index is 2.16. The Morgan fingerprint density at radius 2 is 2.00 bits per heavy atom. The summed E-state index contributed by atoms with van der Waals surface area (Å²) in [6, 6.07) is 6.00. The van der Waals surface area contributed by atoms with E-state index in [1.54, 1.807) is 0 Å². The molecule has 1 aliphatic carbocycles. The van der Waals surface area contributed by atoms with Crippen LogP contribution in [0.1, 0.15) is 51.5 Å². The summed E-state index contributed by atoms with van der Waals surface area (Å²) in [5.74, 6) is 0.777. The molecule has 0 atom stereocenters. The molecule has 0 unspecified atom stereocenters. The van der Waals surface area contributed by atoms with Gasteiger partial charge >= 0.3 is 0 Å². The fourth-order valence-corrected chi connectivity index (χ4v) is 3.85. The van der Waals surface area contributed by atoms with E-state index in [1.807, 2.05) is 25.1 Å². The standard InChI is InChI=1S/C17H24BrNO/c1-12(2)11-17(8-4-5-9-17)16(20)19-15-7-6-14(18)10-13(15)3/h6-7,10,12H,4-5,8-9,11H2,1-3H3,(H,19,20). The molecule has 1 fully saturated rings. The first-order chi connectivity index (χ1) is 9.43. The predicted molar refractivity (Wildman–Crippen MR) is 87.9 cm³/mol. The van der Waals surface area contributed by atoms with Gasteiger partial charge in [0.2, 0.25) is 5.91 Å². The number of hydrogen-bond acceptors (Lipinski definition) is 1. The average Bonchev–Trinajstić information content (AvgIpc) is 2.81. The zero-order valence-electron chi connectivity index (χ0n) is 12.6. The van der Waals surface area contributed by atoms with Crippen molar-refractivity contribution in [3.05, 3.63) is 28.2 Å². The highest BCUT2D eigenvalue weighted by atomic mass is 79.9. The van der Waals surface area contributed by atoms with Gasteiger partial charge in [0, 0.05) is 15.6 Å². The molecular formula is C17H24BrNO. The molecule has 1 N–H and O–H groups in total. The molecule has 3 heteroatoms. The van der Waals surface area contributed by atoms with Gasteiger partial charge in [0.25, 0.3) is 0 Å². The third kappa shape index (κ3) is 3.43. The van der Waals surface area contributed by atoms with Gasteiger partial charge in [-0.15, -0.1) is 0 Å². The van der Waals surface area contributed by atoms with Gasteiger partial charge in [-0.1, -0.05) is 42.6 Å². The Bertz CT molecular complexity index is 490. The zero-order valence-corrected chi connectivity index (χ0v) is 14.2.